The average Bonchev–Trinajstić information content (AvgIpc) is 0.812. The summed E-state index contributed by atoms with van der Waals surface area (Å²) in [6.07, 6.45) is 7.64. The van der Waals surface area contributed by atoms with Gasteiger partial charge in [-0.3, -0.25) is 17.2 Å². The van der Waals surface area contributed by atoms with E-state index in [1.54, 1.807) is 273 Å². The van der Waals surface area contributed by atoms with Crippen LogP contribution in [0.4, 0.5) is 27.1 Å². The Kier molecular flexibility index (Phi) is 42.6. The molecule has 149 heavy (non-hydrogen) atoms. The minimum atomic E-state index is -3.88. The molecule has 0 fully saturated rings. The zero-order chi connectivity index (χ0) is 107. The Morgan fingerprint density at radius 3 is 0.852 bits per heavy atom. The highest BCUT2D eigenvalue weighted by molar-refractivity contribution is 7.96. The van der Waals surface area contributed by atoms with Gasteiger partial charge >= 0.3 is 0 Å². The Morgan fingerprint density at radius 1 is 0.242 bits per heavy atom. The van der Waals surface area contributed by atoms with E-state index in [1.807, 2.05) is 132 Å². The number of benzene rings is 16. The van der Waals surface area contributed by atoms with E-state index in [-0.39, 0.29) is 31.9 Å². The molecule has 16 aromatic rings. The van der Waals surface area contributed by atoms with Crippen LogP contribution in [0.15, 0.2) is 409 Å². The molecule has 766 valence electrons. The quantitative estimate of drug-likeness (QED) is 0.0370. The second-order valence-electron chi connectivity index (χ2n) is 34.1. The normalized spacial score (nSPS) is 11.6. The molecule has 0 atom stereocenters. The van der Waals surface area contributed by atoms with Gasteiger partial charge in [0.2, 0.25) is 0 Å². The molecule has 0 N–H and O–H groups in total. The van der Waals surface area contributed by atoms with E-state index >= 15 is 0 Å². The van der Waals surface area contributed by atoms with Crippen LogP contribution in [-0.4, -0.2) is 42.1 Å². The summed E-state index contributed by atoms with van der Waals surface area (Å²) in [4.78, 5) is 0. The van der Waals surface area contributed by atoms with Crippen molar-refractivity contribution in [2.24, 2.45) is 0 Å². The second kappa shape index (κ2) is 55.2. The van der Waals surface area contributed by atoms with Crippen molar-refractivity contribution in [3.8, 4) is 11.5 Å². The Bertz CT molecular complexity index is 7970. The maximum Gasteiger partial charge on any atom is 0.257 e. The van der Waals surface area contributed by atoms with Crippen LogP contribution in [0.2, 0.25) is 45.2 Å². The van der Waals surface area contributed by atoms with Crippen molar-refractivity contribution in [1.29, 1.82) is 0 Å². The Balaban J connectivity index is 0.000000166. The summed E-state index contributed by atoms with van der Waals surface area (Å²) in [6.45, 7) is 11.0. The third-order valence-corrected chi connectivity index (χ3v) is 31.2. The molecule has 0 aliphatic carbocycles. The summed E-state index contributed by atoms with van der Waals surface area (Å²) in [5.74, 6) is 0.715. The van der Waals surface area contributed by atoms with E-state index in [4.69, 9.17) is 114 Å². The van der Waals surface area contributed by atoms with Crippen molar-refractivity contribution in [2.75, 3.05) is 17.2 Å². The number of sulfone groups is 1. The molecule has 0 aliphatic rings. The first-order valence-corrected chi connectivity index (χ1v) is 57.2. The number of nitrogens with zero attached hydrogens (tertiary/aromatic N) is 4. The lowest BCUT2D eigenvalue weighted by atomic mass is 10.1. The summed E-state index contributed by atoms with van der Waals surface area (Å²) in [5, 5.41) is 10.7. The molecule has 31 heteroatoms. The van der Waals surface area contributed by atoms with E-state index < -0.39 is 55.7 Å². The summed E-state index contributed by atoms with van der Waals surface area (Å²) in [6, 6.07) is 112. The zero-order valence-corrected chi connectivity index (χ0v) is 92.0. The van der Waals surface area contributed by atoms with E-state index in [1.165, 1.54) is 69.4 Å². The van der Waals surface area contributed by atoms with Gasteiger partial charge in [0.15, 0.2) is 9.84 Å². The number of hydrogen-bond donors (Lipinski definition) is 0. The summed E-state index contributed by atoms with van der Waals surface area (Å²) >= 11 is 54.5. The molecular formula is C118H102Cl9FN4O12S5. The van der Waals surface area contributed by atoms with E-state index in [0.29, 0.717) is 126 Å². The number of sulfonamides is 4. The van der Waals surface area contributed by atoms with Gasteiger partial charge in [-0.05, 0) is 318 Å². The molecule has 0 spiro atoms. The number of halogens is 10. The summed E-state index contributed by atoms with van der Waals surface area (Å²) < 4.78 is 161. The second-order valence-corrected chi connectivity index (χ2v) is 46.9. The number of aryl methyl sites for hydroxylation is 5. The van der Waals surface area contributed by atoms with Gasteiger partial charge in [-0.25, -0.2) is 46.5 Å². The minimum Gasteiger partial charge on any atom is -0.489 e. The van der Waals surface area contributed by atoms with Gasteiger partial charge in [0.25, 0.3) is 40.1 Å². The average molecular weight is 2270 g/mol. The predicted molar refractivity (Wildman–Crippen MR) is 619 cm³/mol. The van der Waals surface area contributed by atoms with Crippen LogP contribution in [0, 0.1) is 40.4 Å². The number of ether oxygens (including phenoxy) is 2. The van der Waals surface area contributed by atoms with Crippen molar-refractivity contribution in [2.45, 2.75) is 79.8 Å². The lowest BCUT2D eigenvalue weighted by Crippen LogP contribution is -2.28. The number of hydrogen-bond acceptors (Lipinski definition) is 12. The first-order chi connectivity index (χ1) is 71.1. The maximum atomic E-state index is 13.6. The highest BCUT2D eigenvalue weighted by atomic mass is 35.5. The van der Waals surface area contributed by atoms with Crippen LogP contribution in [0.1, 0.15) is 94.6 Å². The van der Waals surface area contributed by atoms with Crippen LogP contribution in [0.25, 0.3) is 30.4 Å². The first-order valence-electron chi connectivity index (χ1n) is 46.0. The number of rotatable bonds is 34. The molecule has 0 amide bonds. The molecule has 0 saturated carbocycles. The number of anilines is 4. The molecule has 16 nitrogen and oxygen atoms in total. The van der Waals surface area contributed by atoms with Gasteiger partial charge in [0.1, 0.15) is 30.5 Å². The molecule has 0 heterocycles. The SMILES string of the molecule is Cc1ccc(CN(c2cccc(Cl)c2)S(=O)(=O)/C=C/c2cccc(Cl)c2)cc1Cl.Cc1cccc(COc2cccc(CS(=O)(=O)/C=C/c3cccc(Cl)c3)c2)c1.Cc1cccc(COc2cccc(N(Cc3cccc(Cl)c3)S(=O)(=O)/C=C/c3cccc(Cl)c3)c2)c1.Cc1cccc(N(Cc2cccc(Cl)c2)S(=O)(=O)/C=C/c2cccc(Cl)c2)c1.Cc1cccc(N(Cc2cccc(F)c2)S(=O)(=O)/C=C/c2cccc(Cl)c2)c1. The van der Waals surface area contributed by atoms with Gasteiger partial charge in [0, 0.05) is 56.7 Å². The zero-order valence-electron chi connectivity index (χ0n) is 81.1. The Labute approximate surface area is 918 Å². The highest BCUT2D eigenvalue weighted by Gasteiger charge is 2.27. The Hall–Kier alpha value is -12.7. The lowest BCUT2D eigenvalue weighted by molar-refractivity contribution is 0.306. The van der Waals surface area contributed by atoms with Crippen molar-refractivity contribution in [1.82, 2.24) is 0 Å². The third kappa shape index (κ3) is 38.1. The van der Waals surface area contributed by atoms with Crippen LogP contribution in [0.3, 0.4) is 0 Å². The van der Waals surface area contributed by atoms with Gasteiger partial charge in [0.05, 0.1) is 76.3 Å². The standard InChI is InChI=1S/C29H25Cl2NO3S.C23H21ClO3S.C22H18Cl3NO2S.C22H19Cl2NO2S.C22H19ClFNO2S/c1-22-6-2-9-25(16-22)21-35-29-13-5-12-28(19-29)32(20-24-8-4-11-27(31)18-24)36(33,34)15-14-23-7-3-10-26(30)17-23;1-18-5-2-7-20(13-18)16-27-23-10-4-8-21(15-23)17-28(25,26)12-11-19-6-3-9-22(24)14-19;1-16-8-9-18(13-22(16)25)15-26(21-7-3-6-20(24)14-21)29(27,28)11-10-17-4-2-5-19(23)12-17;2*1-17-5-2-10-22(13-17)25(16-19-7-4-9-21(24)15-19)28(26,27)12-11-18-6-3-8-20(23)14-18/h2-19H,20-21H2,1H3;2-15H,16-17H2,1H3;2-14H,15H2,1H3;2*2-15H,16H2,1H3/b15-14+;12-11+;11-10+;2*12-11+. The maximum absolute atomic E-state index is 13.6. The van der Waals surface area contributed by atoms with Gasteiger partial charge < -0.3 is 9.47 Å². The van der Waals surface area contributed by atoms with Crippen LogP contribution < -0.4 is 26.7 Å². The summed E-state index contributed by atoms with van der Waals surface area (Å²) in [5.41, 5.74) is 16.4. The van der Waals surface area contributed by atoms with E-state index in [2.05, 4.69) is 12.1 Å². The monoisotopic (exact) mass is 2260 g/mol. The molecule has 16 rings (SSSR count). The van der Waals surface area contributed by atoms with Crippen molar-refractivity contribution >= 4 is 207 Å². The predicted octanol–water partition coefficient (Wildman–Crippen LogP) is 32.8. The van der Waals surface area contributed by atoms with E-state index in [0.717, 1.165) is 66.5 Å². The first kappa shape index (κ1) is 115. The molecule has 0 radical (unpaired) electrons. The van der Waals surface area contributed by atoms with Crippen LogP contribution in [-0.2, 0) is 95.1 Å². The topological polar surface area (TPSA) is 202 Å². The minimum absolute atomic E-state index is 0.0173. The molecule has 16 aromatic carbocycles. The molecule has 0 aromatic heterocycles. The van der Waals surface area contributed by atoms with Crippen molar-refractivity contribution < 1.29 is 56.0 Å². The van der Waals surface area contributed by atoms with Crippen LogP contribution >= 0.6 is 104 Å². The Morgan fingerprint density at radius 2 is 0.510 bits per heavy atom. The fourth-order valence-electron chi connectivity index (χ4n) is 14.7. The fraction of sp³-hybridized carbons (Fsp3) is 0.102. The highest BCUT2D eigenvalue weighted by Crippen LogP contribution is 2.35. The van der Waals surface area contributed by atoms with Crippen molar-refractivity contribution in [3.05, 3.63) is 555 Å². The molecular weight excluding hydrogens is 2160 g/mol. The lowest BCUT2D eigenvalue weighted by Gasteiger charge is -2.23. The smallest absolute Gasteiger partial charge is 0.257 e. The van der Waals surface area contributed by atoms with Gasteiger partial charge in [-0.1, -0.05) is 322 Å². The molecule has 0 unspecified atom stereocenters. The van der Waals surface area contributed by atoms with Gasteiger partial charge in [-0.15, -0.1) is 0 Å². The summed E-state index contributed by atoms with van der Waals surface area (Å²) in [7, 11) is -18.7. The third-order valence-electron chi connectivity index (χ3n) is 21.9. The van der Waals surface area contributed by atoms with E-state index in [9.17, 15) is 46.5 Å². The van der Waals surface area contributed by atoms with Gasteiger partial charge in [-0.2, -0.15) is 0 Å². The largest absolute Gasteiger partial charge is 0.489 e. The van der Waals surface area contributed by atoms with Crippen LogP contribution in [0.5, 0.6) is 11.5 Å². The molecule has 0 aliphatic heterocycles. The molecule has 0 bridgehead atoms. The fourth-order valence-corrected chi connectivity index (χ4v) is 22.4. The molecule has 0 saturated heterocycles. The van der Waals surface area contributed by atoms with Crippen molar-refractivity contribution in [3.63, 3.8) is 0 Å².